The molecular weight excluding hydrogens is 300 g/mol. The summed E-state index contributed by atoms with van der Waals surface area (Å²) in [5, 5.41) is 0. The maximum atomic E-state index is 11.1. The number of rotatable bonds is 6. The molecule has 0 aliphatic rings. The molecule has 2 aromatic rings. The van der Waals surface area contributed by atoms with Crippen LogP contribution in [0.25, 0.3) is 0 Å². The van der Waals surface area contributed by atoms with Gasteiger partial charge in [-0.3, -0.25) is 4.79 Å². The van der Waals surface area contributed by atoms with Crippen molar-refractivity contribution in [1.29, 1.82) is 0 Å². The quantitative estimate of drug-likeness (QED) is 0.555. The third kappa shape index (κ3) is 4.16. The Morgan fingerprint density at radius 3 is 1.79 bits per heavy atom. The molecule has 3 heteroatoms. The van der Waals surface area contributed by atoms with Crippen LogP contribution in [0.1, 0.15) is 45.2 Å². The highest BCUT2D eigenvalue weighted by Gasteiger charge is 2.30. The number of hydrogen-bond acceptors (Lipinski definition) is 3. The number of carbonyl (C=O) groups is 1. The third-order valence-corrected chi connectivity index (χ3v) is 4.30. The predicted octanol–water partition coefficient (Wildman–Crippen LogP) is 4.97. The lowest BCUT2D eigenvalue weighted by atomic mass is 9.71. The van der Waals surface area contributed by atoms with E-state index in [0.717, 1.165) is 12.2 Å². The van der Waals surface area contributed by atoms with Gasteiger partial charge in [0, 0.05) is 12.3 Å². The highest BCUT2D eigenvalue weighted by atomic mass is 16.5. The van der Waals surface area contributed by atoms with E-state index < -0.39 is 0 Å². The fourth-order valence-corrected chi connectivity index (χ4v) is 3.23. The maximum Gasteiger partial charge on any atom is 0.308 e. The van der Waals surface area contributed by atoms with E-state index in [1.54, 1.807) is 7.11 Å². The normalized spacial score (nSPS) is 13.4. The molecule has 3 nitrogen and oxygen atoms in total. The fraction of sp³-hybridized carbons (Fsp3) is 0.381. The van der Waals surface area contributed by atoms with Crippen molar-refractivity contribution in [3.05, 3.63) is 59.7 Å². The minimum Gasteiger partial charge on any atom is -0.497 e. The first kappa shape index (κ1) is 18.1. The number of esters is 1. The zero-order valence-electron chi connectivity index (χ0n) is 15.1. The first-order valence-corrected chi connectivity index (χ1v) is 8.28. The first-order valence-electron chi connectivity index (χ1n) is 8.28. The SMILES string of the molecule is COc1ccc(C(C)(CC(C)C)c2ccc(OC(C)=O)cc2)cc1. The summed E-state index contributed by atoms with van der Waals surface area (Å²) < 4.78 is 10.4. The molecule has 128 valence electrons. The average Bonchev–Trinajstić information content (AvgIpc) is 2.54. The van der Waals surface area contributed by atoms with Gasteiger partial charge < -0.3 is 9.47 Å². The van der Waals surface area contributed by atoms with E-state index in [4.69, 9.17) is 9.47 Å². The fourth-order valence-electron chi connectivity index (χ4n) is 3.23. The Hall–Kier alpha value is -2.29. The molecular formula is C21H26O3. The summed E-state index contributed by atoms with van der Waals surface area (Å²) in [5.41, 5.74) is 2.34. The number of ether oxygens (including phenoxy) is 2. The van der Waals surface area contributed by atoms with Gasteiger partial charge in [-0.05, 0) is 47.7 Å². The van der Waals surface area contributed by atoms with E-state index >= 15 is 0 Å². The lowest BCUT2D eigenvalue weighted by molar-refractivity contribution is -0.131. The Balaban J connectivity index is 2.40. The molecule has 0 aliphatic heterocycles. The molecule has 0 fully saturated rings. The van der Waals surface area contributed by atoms with Crippen molar-refractivity contribution in [1.82, 2.24) is 0 Å². The third-order valence-electron chi connectivity index (χ3n) is 4.30. The summed E-state index contributed by atoms with van der Waals surface area (Å²) in [6.45, 7) is 8.13. The molecule has 24 heavy (non-hydrogen) atoms. The standard InChI is InChI=1S/C21H26O3/c1-15(2)14-21(4,17-6-10-19(23-5)11-7-17)18-8-12-20(13-9-18)24-16(3)22/h6-13,15H,14H2,1-5H3. The van der Waals surface area contributed by atoms with Crippen LogP contribution in [0.3, 0.4) is 0 Å². The van der Waals surface area contributed by atoms with Gasteiger partial charge in [-0.2, -0.15) is 0 Å². The molecule has 0 spiro atoms. The molecule has 0 N–H and O–H groups in total. The van der Waals surface area contributed by atoms with Crippen molar-refractivity contribution in [2.24, 2.45) is 5.92 Å². The van der Waals surface area contributed by atoms with Crippen molar-refractivity contribution in [3.8, 4) is 11.5 Å². The van der Waals surface area contributed by atoms with Gasteiger partial charge in [-0.25, -0.2) is 0 Å². The van der Waals surface area contributed by atoms with Gasteiger partial charge >= 0.3 is 5.97 Å². The maximum absolute atomic E-state index is 11.1. The summed E-state index contributed by atoms with van der Waals surface area (Å²) in [5.74, 6) is 1.68. The van der Waals surface area contributed by atoms with Crippen LogP contribution in [0.4, 0.5) is 0 Å². The average molecular weight is 326 g/mol. The number of carbonyl (C=O) groups excluding carboxylic acids is 1. The van der Waals surface area contributed by atoms with E-state index in [2.05, 4.69) is 32.9 Å². The van der Waals surface area contributed by atoms with Crippen LogP contribution in [0.15, 0.2) is 48.5 Å². The Bertz CT molecular complexity index is 671. The van der Waals surface area contributed by atoms with E-state index in [0.29, 0.717) is 11.7 Å². The molecule has 2 rings (SSSR count). The molecule has 0 aliphatic carbocycles. The second kappa shape index (κ2) is 7.52. The minimum absolute atomic E-state index is 0.116. The second-order valence-electron chi connectivity index (χ2n) is 6.78. The zero-order valence-corrected chi connectivity index (χ0v) is 15.1. The van der Waals surface area contributed by atoms with Gasteiger partial charge in [0.05, 0.1) is 7.11 Å². The van der Waals surface area contributed by atoms with Crippen LogP contribution < -0.4 is 9.47 Å². The van der Waals surface area contributed by atoms with Crippen molar-refractivity contribution >= 4 is 5.97 Å². The summed E-state index contributed by atoms with van der Waals surface area (Å²) in [7, 11) is 1.68. The van der Waals surface area contributed by atoms with Gasteiger partial charge in [-0.1, -0.05) is 45.0 Å². The highest BCUT2D eigenvalue weighted by molar-refractivity contribution is 5.69. The molecule has 0 aromatic heterocycles. The summed E-state index contributed by atoms with van der Waals surface area (Å²) in [4.78, 5) is 11.1. The van der Waals surface area contributed by atoms with Crippen LogP contribution in [0, 0.1) is 5.92 Å². The Morgan fingerprint density at radius 2 is 1.42 bits per heavy atom. The van der Waals surface area contributed by atoms with Crippen LogP contribution in [-0.4, -0.2) is 13.1 Å². The van der Waals surface area contributed by atoms with E-state index in [-0.39, 0.29) is 11.4 Å². The van der Waals surface area contributed by atoms with Crippen molar-refractivity contribution in [2.75, 3.05) is 7.11 Å². The van der Waals surface area contributed by atoms with Crippen molar-refractivity contribution in [3.63, 3.8) is 0 Å². The molecule has 2 aromatic carbocycles. The van der Waals surface area contributed by atoms with Gasteiger partial charge in [0.2, 0.25) is 0 Å². The number of methoxy groups -OCH3 is 1. The van der Waals surface area contributed by atoms with Crippen molar-refractivity contribution < 1.29 is 14.3 Å². The summed E-state index contributed by atoms with van der Waals surface area (Å²) in [6.07, 6.45) is 1.02. The Kier molecular flexibility index (Phi) is 5.66. The van der Waals surface area contributed by atoms with E-state index in [9.17, 15) is 4.79 Å². The molecule has 0 saturated carbocycles. The summed E-state index contributed by atoms with van der Waals surface area (Å²) in [6, 6.07) is 16.1. The lowest BCUT2D eigenvalue weighted by Crippen LogP contribution is -2.25. The van der Waals surface area contributed by atoms with Gasteiger partial charge in [0.25, 0.3) is 0 Å². The lowest BCUT2D eigenvalue weighted by Gasteiger charge is -2.33. The van der Waals surface area contributed by atoms with Crippen LogP contribution in [-0.2, 0) is 10.2 Å². The number of benzene rings is 2. The Labute approximate surface area is 144 Å². The topological polar surface area (TPSA) is 35.5 Å². The Morgan fingerprint density at radius 1 is 0.958 bits per heavy atom. The molecule has 0 bridgehead atoms. The van der Waals surface area contributed by atoms with Crippen LogP contribution >= 0.6 is 0 Å². The van der Waals surface area contributed by atoms with Crippen molar-refractivity contribution in [2.45, 2.75) is 39.5 Å². The largest absolute Gasteiger partial charge is 0.497 e. The molecule has 0 saturated heterocycles. The van der Waals surface area contributed by atoms with E-state index in [1.807, 2.05) is 36.4 Å². The van der Waals surface area contributed by atoms with Crippen LogP contribution in [0.5, 0.6) is 11.5 Å². The first-order chi connectivity index (χ1) is 11.3. The molecule has 1 atom stereocenters. The smallest absolute Gasteiger partial charge is 0.308 e. The monoisotopic (exact) mass is 326 g/mol. The predicted molar refractivity (Wildman–Crippen MR) is 96.7 cm³/mol. The van der Waals surface area contributed by atoms with Gasteiger partial charge in [0.15, 0.2) is 0 Å². The molecule has 0 amide bonds. The zero-order chi connectivity index (χ0) is 17.7. The van der Waals surface area contributed by atoms with Gasteiger partial charge in [-0.15, -0.1) is 0 Å². The minimum atomic E-state index is -0.303. The number of hydrogen-bond donors (Lipinski definition) is 0. The van der Waals surface area contributed by atoms with Crippen LogP contribution in [0.2, 0.25) is 0 Å². The summed E-state index contributed by atoms with van der Waals surface area (Å²) >= 11 is 0. The molecule has 0 heterocycles. The highest BCUT2D eigenvalue weighted by Crippen LogP contribution is 2.39. The molecule has 1 unspecified atom stereocenters. The van der Waals surface area contributed by atoms with E-state index in [1.165, 1.54) is 18.1 Å². The molecule has 0 radical (unpaired) electrons. The van der Waals surface area contributed by atoms with Gasteiger partial charge in [0.1, 0.15) is 11.5 Å². The second-order valence-corrected chi connectivity index (χ2v) is 6.78.